The van der Waals surface area contributed by atoms with Crippen molar-refractivity contribution in [1.82, 2.24) is 0 Å². The van der Waals surface area contributed by atoms with E-state index in [1.807, 2.05) is 0 Å². The molecule has 0 aliphatic rings. The van der Waals surface area contributed by atoms with E-state index in [1.165, 1.54) is 0 Å². The molecule has 0 spiro atoms. The van der Waals surface area contributed by atoms with Crippen LogP contribution in [0.25, 0.3) is 0 Å². The molecule has 0 aliphatic heterocycles. The number of furan rings is 1. The largest absolute Gasteiger partial charge is 0.452 e. The molecule has 1 N–H and O–H groups in total. The number of hydrogen-bond donors (Lipinski definition) is 1. The maximum absolute atomic E-state index is 13.6. The van der Waals surface area contributed by atoms with Crippen LogP contribution in [0, 0.1) is 11.6 Å². The fourth-order valence-electron chi connectivity index (χ4n) is 1.53. The van der Waals surface area contributed by atoms with Gasteiger partial charge in [0.25, 0.3) is 0 Å². The zero-order valence-electron chi connectivity index (χ0n) is 9.31. The van der Waals surface area contributed by atoms with Gasteiger partial charge in [0.05, 0.1) is 16.8 Å². The molecule has 0 amide bonds. The average molecular weight is 337 g/mol. The molecule has 0 saturated carbocycles. The van der Waals surface area contributed by atoms with Gasteiger partial charge >= 0.3 is 0 Å². The van der Waals surface area contributed by atoms with Gasteiger partial charge in [-0.25, -0.2) is 8.78 Å². The van der Waals surface area contributed by atoms with E-state index >= 15 is 0 Å². The Morgan fingerprint density at radius 3 is 2.61 bits per heavy atom. The van der Waals surface area contributed by atoms with Gasteiger partial charge in [-0.3, -0.25) is 0 Å². The molecule has 1 aromatic carbocycles. The fraction of sp³-hybridized carbons (Fsp3) is 0.167. The second kappa shape index (κ2) is 5.28. The van der Waals surface area contributed by atoms with Gasteiger partial charge in [0.15, 0.2) is 10.5 Å². The summed E-state index contributed by atoms with van der Waals surface area (Å²) in [6.07, 6.45) is 0. The molecule has 6 heteroatoms. The van der Waals surface area contributed by atoms with E-state index < -0.39 is 11.6 Å². The summed E-state index contributed by atoms with van der Waals surface area (Å²) < 4.78 is 32.4. The predicted molar refractivity (Wildman–Crippen MR) is 69.8 cm³/mol. The van der Waals surface area contributed by atoms with Crippen molar-refractivity contribution in [2.45, 2.75) is 13.0 Å². The molecule has 1 aromatic heterocycles. The molecule has 2 nitrogen and oxygen atoms in total. The molecule has 1 heterocycles. The highest BCUT2D eigenvalue weighted by Gasteiger charge is 2.15. The van der Waals surface area contributed by atoms with E-state index in [0.29, 0.717) is 10.4 Å². The first-order valence-corrected chi connectivity index (χ1v) is 6.31. The average Bonchev–Trinajstić information content (AvgIpc) is 2.70. The van der Waals surface area contributed by atoms with Crippen LogP contribution in [0.5, 0.6) is 0 Å². The van der Waals surface area contributed by atoms with Gasteiger partial charge in [-0.15, -0.1) is 0 Å². The normalized spacial score (nSPS) is 12.5. The van der Waals surface area contributed by atoms with Gasteiger partial charge in [0.2, 0.25) is 0 Å². The number of nitrogens with one attached hydrogen (secondary N) is 1. The molecule has 0 bridgehead atoms. The Morgan fingerprint density at radius 2 is 2.06 bits per heavy atom. The van der Waals surface area contributed by atoms with E-state index in [2.05, 4.69) is 21.2 Å². The number of halogens is 4. The van der Waals surface area contributed by atoms with E-state index in [1.54, 1.807) is 19.1 Å². The monoisotopic (exact) mass is 335 g/mol. The van der Waals surface area contributed by atoms with Crippen LogP contribution in [0.1, 0.15) is 18.7 Å². The highest BCUT2D eigenvalue weighted by molar-refractivity contribution is 9.10. The lowest BCUT2D eigenvalue weighted by molar-refractivity contribution is 0.470. The van der Waals surface area contributed by atoms with Crippen LogP contribution in [0.15, 0.2) is 33.4 Å². The van der Waals surface area contributed by atoms with Crippen molar-refractivity contribution >= 4 is 33.2 Å². The molecule has 0 aliphatic carbocycles. The van der Waals surface area contributed by atoms with Crippen molar-refractivity contribution < 1.29 is 13.2 Å². The van der Waals surface area contributed by atoms with Crippen molar-refractivity contribution in [2.75, 3.05) is 5.32 Å². The molecule has 18 heavy (non-hydrogen) atoms. The van der Waals surface area contributed by atoms with Crippen LogP contribution in [0.4, 0.5) is 14.5 Å². The van der Waals surface area contributed by atoms with Crippen molar-refractivity contribution in [2.24, 2.45) is 0 Å². The number of rotatable bonds is 3. The standard InChI is InChI=1S/C12H9BrClF2NO/c1-6(10-2-3-11(13)18-10)17-12-8(14)4-7(15)5-9(12)16/h2-6,17H,1H3. The first kappa shape index (κ1) is 13.4. The number of hydrogen-bond acceptors (Lipinski definition) is 2. The Balaban J connectivity index is 2.24. The maximum Gasteiger partial charge on any atom is 0.169 e. The third kappa shape index (κ3) is 2.84. The van der Waals surface area contributed by atoms with Gasteiger partial charge in [0.1, 0.15) is 11.6 Å². The SMILES string of the molecule is CC(Nc1c(F)cc(F)cc1Cl)c1ccc(Br)o1. The molecule has 0 saturated heterocycles. The quantitative estimate of drug-likeness (QED) is 0.839. The summed E-state index contributed by atoms with van der Waals surface area (Å²) in [5, 5.41) is 2.84. The Labute approximate surface area is 116 Å². The molecule has 96 valence electrons. The first-order valence-electron chi connectivity index (χ1n) is 5.13. The molecule has 2 rings (SSSR count). The molecular formula is C12H9BrClF2NO. The Hall–Kier alpha value is -1.07. The summed E-state index contributed by atoms with van der Waals surface area (Å²) >= 11 is 8.97. The van der Waals surface area contributed by atoms with Crippen LogP contribution in [-0.2, 0) is 0 Å². The van der Waals surface area contributed by atoms with Crippen molar-refractivity contribution in [3.63, 3.8) is 0 Å². The zero-order chi connectivity index (χ0) is 13.3. The van der Waals surface area contributed by atoms with E-state index in [4.69, 9.17) is 16.0 Å². The van der Waals surface area contributed by atoms with Gasteiger partial charge in [-0.2, -0.15) is 0 Å². The summed E-state index contributed by atoms with van der Waals surface area (Å²) in [7, 11) is 0. The summed E-state index contributed by atoms with van der Waals surface area (Å²) in [6.45, 7) is 1.78. The minimum absolute atomic E-state index is 0.00929. The molecule has 1 unspecified atom stereocenters. The molecule has 1 atom stereocenters. The molecule has 0 fully saturated rings. The van der Waals surface area contributed by atoms with Gasteiger partial charge in [-0.1, -0.05) is 11.6 Å². The van der Waals surface area contributed by atoms with Crippen LogP contribution in [0.2, 0.25) is 5.02 Å². The number of benzene rings is 1. The highest BCUT2D eigenvalue weighted by Crippen LogP contribution is 2.30. The second-order valence-electron chi connectivity index (χ2n) is 3.75. The molecule has 0 radical (unpaired) electrons. The predicted octanol–water partition coefficient (Wildman–Crippen LogP) is 5.15. The lowest BCUT2D eigenvalue weighted by Crippen LogP contribution is -2.08. The second-order valence-corrected chi connectivity index (χ2v) is 4.94. The minimum atomic E-state index is -0.738. The van der Waals surface area contributed by atoms with Crippen molar-refractivity contribution in [1.29, 1.82) is 0 Å². The maximum atomic E-state index is 13.6. The Morgan fingerprint density at radius 1 is 1.33 bits per heavy atom. The van der Waals surface area contributed by atoms with Crippen molar-refractivity contribution in [3.8, 4) is 0 Å². The van der Waals surface area contributed by atoms with Gasteiger partial charge in [-0.05, 0) is 41.1 Å². The third-order valence-corrected chi connectivity index (χ3v) is 3.11. The Bertz CT molecular complexity index is 550. The summed E-state index contributed by atoms with van der Waals surface area (Å²) in [5.41, 5.74) is 0.0538. The Kier molecular flexibility index (Phi) is 3.92. The van der Waals surface area contributed by atoms with Crippen LogP contribution in [-0.4, -0.2) is 0 Å². The first-order chi connectivity index (χ1) is 8.47. The summed E-state index contributed by atoms with van der Waals surface area (Å²) in [5.74, 6) is -0.837. The highest BCUT2D eigenvalue weighted by atomic mass is 79.9. The molecule has 2 aromatic rings. The lowest BCUT2D eigenvalue weighted by Gasteiger charge is -2.15. The molecular weight excluding hydrogens is 327 g/mol. The van der Waals surface area contributed by atoms with Crippen LogP contribution < -0.4 is 5.32 Å². The summed E-state index contributed by atoms with van der Waals surface area (Å²) in [6, 6.07) is 5.01. The third-order valence-electron chi connectivity index (χ3n) is 2.39. The van der Waals surface area contributed by atoms with Crippen molar-refractivity contribution in [3.05, 3.63) is 51.4 Å². The van der Waals surface area contributed by atoms with Gasteiger partial charge in [0, 0.05) is 6.07 Å². The van der Waals surface area contributed by atoms with Crippen LogP contribution in [0.3, 0.4) is 0 Å². The van der Waals surface area contributed by atoms with E-state index in [-0.39, 0.29) is 16.8 Å². The number of anilines is 1. The summed E-state index contributed by atoms with van der Waals surface area (Å²) in [4.78, 5) is 0. The minimum Gasteiger partial charge on any atom is -0.452 e. The fourth-order valence-corrected chi connectivity index (χ4v) is 2.10. The van der Waals surface area contributed by atoms with Gasteiger partial charge < -0.3 is 9.73 Å². The topological polar surface area (TPSA) is 25.2 Å². The van der Waals surface area contributed by atoms with E-state index in [0.717, 1.165) is 12.1 Å². The smallest absolute Gasteiger partial charge is 0.169 e. The van der Waals surface area contributed by atoms with Crippen LogP contribution >= 0.6 is 27.5 Å². The van der Waals surface area contributed by atoms with E-state index in [9.17, 15) is 8.78 Å². The lowest BCUT2D eigenvalue weighted by atomic mass is 10.2. The zero-order valence-corrected chi connectivity index (χ0v) is 11.6.